The Morgan fingerprint density at radius 1 is 0.867 bits per heavy atom. The molecule has 22 heteroatoms. The number of alkyl halides is 1. The number of rotatable bonds is 2. The Bertz CT molecular complexity index is 2030. The standard InChI is InChI=1S/C23H25FN10O7P2S2/c24-15-18-14(40-23(15)34-10-29-16-19(25)27-7-28-21(16)34)6-39-42(35,44)38-5-12-11(4-37-43(36,45)41-18)3-13(12)33-9-30-17-20-26-1-2-32(20)8-31-22(17)33/h1-2,7-15,18,23H,3-6H2,(H,35,44)(H,36,45)(H2,25,27,28)/t11-,12-,13-,14-,15-,18?,23-,42?,43?/m1/s1. The van der Waals surface area contributed by atoms with E-state index in [1.54, 1.807) is 29.4 Å². The summed E-state index contributed by atoms with van der Waals surface area (Å²) in [4.78, 5) is 47.7. The van der Waals surface area contributed by atoms with E-state index in [0.717, 1.165) is 0 Å². The van der Waals surface area contributed by atoms with Gasteiger partial charge in [0.25, 0.3) is 0 Å². The van der Waals surface area contributed by atoms with E-state index in [2.05, 4.69) is 29.9 Å². The highest BCUT2D eigenvalue weighted by Crippen LogP contribution is 2.55. The second-order valence-electron chi connectivity index (χ2n) is 10.9. The van der Waals surface area contributed by atoms with Crippen molar-refractivity contribution >= 4 is 70.8 Å². The van der Waals surface area contributed by atoms with Crippen LogP contribution in [-0.2, 0) is 46.4 Å². The SMILES string of the molecule is Nc1ncnc2c1ncn2[C@@H]1O[C@@H]2COP(O)(=S)OC[C@@H]3[C@@H](COP(O)(=S)OC2[C@H]1F)C[C@H]3n1cnc2c1ncn1ccnc21. The highest BCUT2D eigenvalue weighted by Gasteiger charge is 2.51. The average Bonchev–Trinajstić information content (AvgIpc) is 3.77. The molecule has 8 rings (SSSR count). The third-order valence-corrected chi connectivity index (χ3v) is 11.6. The van der Waals surface area contributed by atoms with E-state index in [4.69, 9.17) is 52.2 Å². The van der Waals surface area contributed by atoms with Crippen molar-refractivity contribution in [2.45, 2.75) is 37.1 Å². The smallest absolute Gasteiger partial charge is 0.324 e. The quantitative estimate of drug-likeness (QED) is 0.225. The van der Waals surface area contributed by atoms with Crippen LogP contribution in [0.3, 0.4) is 0 Å². The Kier molecular flexibility index (Phi) is 7.27. The van der Waals surface area contributed by atoms with Crippen LogP contribution in [0.5, 0.6) is 0 Å². The fraction of sp³-hybridized carbons (Fsp3) is 0.478. The Hall–Kier alpha value is -2.61. The highest BCUT2D eigenvalue weighted by atomic mass is 32.5. The summed E-state index contributed by atoms with van der Waals surface area (Å²) in [5.74, 6) is -0.341. The molecule has 0 amide bonds. The van der Waals surface area contributed by atoms with Gasteiger partial charge in [0, 0.05) is 24.4 Å². The van der Waals surface area contributed by atoms with E-state index in [1.807, 2.05) is 4.57 Å². The van der Waals surface area contributed by atoms with Crippen molar-refractivity contribution in [1.82, 2.24) is 43.4 Å². The van der Waals surface area contributed by atoms with Gasteiger partial charge in [-0.2, -0.15) is 0 Å². The van der Waals surface area contributed by atoms with E-state index >= 15 is 4.39 Å². The Labute approximate surface area is 263 Å². The number of hydrogen-bond acceptors (Lipinski definition) is 14. The summed E-state index contributed by atoms with van der Waals surface area (Å²) in [6, 6.07) is -0.160. The molecule has 2 aliphatic heterocycles. The van der Waals surface area contributed by atoms with E-state index < -0.39 is 44.7 Å². The van der Waals surface area contributed by atoms with Crippen molar-refractivity contribution in [2.75, 3.05) is 25.6 Å². The van der Waals surface area contributed by atoms with Crippen LogP contribution < -0.4 is 5.73 Å². The number of aromatic nitrogens is 9. The van der Waals surface area contributed by atoms with E-state index in [-0.39, 0.29) is 48.1 Å². The van der Waals surface area contributed by atoms with Crippen LogP contribution in [0.2, 0.25) is 0 Å². The minimum absolute atomic E-state index is 0.00160. The van der Waals surface area contributed by atoms with Crippen molar-refractivity contribution in [2.24, 2.45) is 11.8 Å². The number of fused-ring (bicyclic) bond motifs is 6. The normalized spacial score (nSPS) is 36.2. The third-order valence-electron chi connectivity index (χ3n) is 8.42. The molecular weight excluding hydrogens is 673 g/mol. The summed E-state index contributed by atoms with van der Waals surface area (Å²) >= 11 is 10.6. The number of anilines is 1. The molecule has 17 nitrogen and oxygen atoms in total. The van der Waals surface area contributed by atoms with Crippen LogP contribution in [0, 0.1) is 11.8 Å². The van der Waals surface area contributed by atoms with Gasteiger partial charge in [0.2, 0.25) is 0 Å². The molecule has 1 aliphatic carbocycles. The van der Waals surface area contributed by atoms with Gasteiger partial charge in [-0.1, -0.05) is 0 Å². The maximum atomic E-state index is 16.1. The van der Waals surface area contributed by atoms with Crippen LogP contribution in [0.4, 0.5) is 10.2 Å². The van der Waals surface area contributed by atoms with Crippen molar-refractivity contribution in [3.63, 3.8) is 0 Å². The largest absolute Gasteiger partial charge is 0.382 e. The fourth-order valence-corrected chi connectivity index (χ4v) is 8.74. The number of hydrogen-bond donors (Lipinski definition) is 3. The first-order chi connectivity index (χ1) is 21.6. The van der Waals surface area contributed by atoms with Crippen molar-refractivity contribution < 1.29 is 37.0 Å². The number of imidazole rings is 3. The first-order valence-corrected chi connectivity index (χ1v) is 18.9. The molecule has 7 heterocycles. The second kappa shape index (κ2) is 11.0. The molecular formula is C23H25FN10O7P2S2. The van der Waals surface area contributed by atoms with Gasteiger partial charge in [-0.3, -0.25) is 13.5 Å². The number of ether oxygens (including phenoxy) is 1. The average molecular weight is 699 g/mol. The lowest BCUT2D eigenvalue weighted by atomic mass is 9.70. The number of nitrogens with two attached hydrogens (primary N) is 1. The molecule has 4 N–H and O–H groups in total. The number of halogens is 1. The predicted octanol–water partition coefficient (Wildman–Crippen LogP) is 1.80. The van der Waals surface area contributed by atoms with Gasteiger partial charge in [-0.05, 0) is 36.0 Å². The summed E-state index contributed by atoms with van der Waals surface area (Å²) < 4.78 is 49.9. The lowest BCUT2D eigenvalue weighted by Crippen LogP contribution is -2.43. The van der Waals surface area contributed by atoms with Gasteiger partial charge in [-0.15, -0.1) is 0 Å². The first kappa shape index (κ1) is 29.8. The van der Waals surface area contributed by atoms with Crippen LogP contribution in [-0.4, -0.2) is 91.4 Å². The zero-order valence-corrected chi connectivity index (χ0v) is 26.4. The van der Waals surface area contributed by atoms with Gasteiger partial charge >= 0.3 is 13.4 Å². The molecule has 238 valence electrons. The molecule has 3 fully saturated rings. The van der Waals surface area contributed by atoms with Crippen molar-refractivity contribution in [3.8, 4) is 0 Å². The summed E-state index contributed by atoms with van der Waals surface area (Å²) in [5, 5.41) is 0. The van der Waals surface area contributed by atoms with Gasteiger partial charge < -0.3 is 38.4 Å². The molecule has 0 radical (unpaired) electrons. The van der Waals surface area contributed by atoms with Gasteiger partial charge in [0.05, 0.1) is 32.5 Å². The summed E-state index contributed by atoms with van der Waals surface area (Å²) in [6.07, 6.45) is 4.05. The van der Waals surface area contributed by atoms with E-state index in [9.17, 15) is 9.79 Å². The maximum absolute atomic E-state index is 16.1. The van der Waals surface area contributed by atoms with Crippen molar-refractivity contribution in [3.05, 3.63) is 37.7 Å². The highest BCUT2D eigenvalue weighted by molar-refractivity contribution is 8.07. The van der Waals surface area contributed by atoms with E-state index in [0.29, 0.717) is 23.2 Å². The molecule has 3 aliphatic rings. The summed E-state index contributed by atoms with van der Waals surface area (Å²) in [6.45, 7) is -8.28. The number of nitrogen functional groups attached to an aromatic ring is 1. The molecule has 45 heavy (non-hydrogen) atoms. The Balaban J connectivity index is 1.05. The molecule has 5 aromatic rings. The van der Waals surface area contributed by atoms with Crippen LogP contribution in [0.1, 0.15) is 18.7 Å². The summed E-state index contributed by atoms with van der Waals surface area (Å²) in [7, 11) is 0. The number of nitrogens with zero attached hydrogens (tertiary/aromatic N) is 9. The van der Waals surface area contributed by atoms with Gasteiger partial charge in [0.1, 0.15) is 30.4 Å². The van der Waals surface area contributed by atoms with E-state index in [1.165, 1.54) is 17.2 Å². The van der Waals surface area contributed by atoms with Gasteiger partial charge in [-0.25, -0.2) is 34.3 Å². The van der Waals surface area contributed by atoms with Crippen LogP contribution in [0.15, 0.2) is 37.7 Å². The van der Waals surface area contributed by atoms with Gasteiger partial charge in [0.15, 0.2) is 40.7 Å². The molecule has 1 saturated carbocycles. The Morgan fingerprint density at radius 3 is 2.49 bits per heavy atom. The Morgan fingerprint density at radius 2 is 1.62 bits per heavy atom. The zero-order chi connectivity index (χ0) is 31.1. The predicted molar refractivity (Wildman–Crippen MR) is 161 cm³/mol. The second-order valence-corrected chi connectivity index (χ2v) is 16.6. The monoisotopic (exact) mass is 698 g/mol. The topological polar surface area (TPSA) is 204 Å². The van der Waals surface area contributed by atoms with Crippen molar-refractivity contribution in [1.29, 1.82) is 0 Å². The minimum atomic E-state index is -4.00. The minimum Gasteiger partial charge on any atom is -0.382 e. The molecule has 3 unspecified atom stereocenters. The first-order valence-electron chi connectivity index (χ1n) is 13.7. The lowest BCUT2D eigenvalue weighted by molar-refractivity contribution is -0.0427. The molecule has 2 saturated heterocycles. The molecule has 9 atom stereocenters. The lowest BCUT2D eigenvalue weighted by Gasteiger charge is -2.45. The molecule has 0 bridgehead atoms. The van der Waals surface area contributed by atoms with Crippen LogP contribution in [0.25, 0.3) is 28.0 Å². The third kappa shape index (κ3) is 5.18. The molecule has 5 aromatic heterocycles. The zero-order valence-electron chi connectivity index (χ0n) is 23.0. The summed E-state index contributed by atoms with van der Waals surface area (Å²) in [5.41, 5.74) is 8.29. The fourth-order valence-electron chi connectivity index (χ4n) is 6.12. The molecule has 0 aromatic carbocycles. The maximum Gasteiger partial charge on any atom is 0.324 e. The molecule has 0 spiro atoms. The van der Waals surface area contributed by atoms with Crippen LogP contribution >= 0.6 is 13.4 Å².